The van der Waals surface area contributed by atoms with Crippen LogP contribution in [0.3, 0.4) is 0 Å². The number of nitrogens with one attached hydrogen (secondary N) is 2. The van der Waals surface area contributed by atoms with E-state index in [2.05, 4.69) is 10.9 Å². The number of hydrogen-bond acceptors (Lipinski definition) is 3. The Kier molecular flexibility index (Phi) is 4.87. The SMILES string of the molecule is Cc1ccc(C)c(OCCC(=O)NNC(=O)C23CC4CC(CC(C4)C2)C3)c1. The van der Waals surface area contributed by atoms with E-state index >= 15 is 0 Å². The molecule has 0 atom stereocenters. The Balaban J connectivity index is 1.24. The molecule has 4 aliphatic carbocycles. The third kappa shape index (κ3) is 3.83. The van der Waals surface area contributed by atoms with Gasteiger partial charge in [-0.15, -0.1) is 0 Å². The molecule has 1 aromatic carbocycles. The number of rotatable bonds is 5. The number of hydrogen-bond donors (Lipinski definition) is 2. The van der Waals surface area contributed by atoms with E-state index in [-0.39, 0.29) is 23.7 Å². The van der Waals surface area contributed by atoms with Gasteiger partial charge in [0.25, 0.3) is 0 Å². The van der Waals surface area contributed by atoms with Crippen molar-refractivity contribution in [3.05, 3.63) is 29.3 Å². The quantitative estimate of drug-likeness (QED) is 0.780. The molecule has 27 heavy (non-hydrogen) atoms. The van der Waals surface area contributed by atoms with Crippen LogP contribution < -0.4 is 15.6 Å². The molecule has 0 heterocycles. The van der Waals surface area contributed by atoms with Gasteiger partial charge in [-0.1, -0.05) is 12.1 Å². The standard InChI is InChI=1S/C22H30N2O3/c1-14-3-4-15(2)19(7-14)27-6-5-20(25)23-24-21(26)22-11-16-8-17(12-22)10-18(9-16)13-22/h3-4,7,16-18H,5-6,8-13H2,1-2H3,(H,23,25)(H,24,26). The number of ether oxygens (including phenoxy) is 1. The zero-order chi connectivity index (χ0) is 19.0. The van der Waals surface area contributed by atoms with Crippen molar-refractivity contribution < 1.29 is 14.3 Å². The molecule has 4 bridgehead atoms. The van der Waals surface area contributed by atoms with E-state index in [4.69, 9.17) is 4.74 Å². The number of carbonyl (C=O) groups excluding carboxylic acids is 2. The lowest BCUT2D eigenvalue weighted by atomic mass is 9.49. The van der Waals surface area contributed by atoms with Crippen molar-refractivity contribution >= 4 is 11.8 Å². The first-order chi connectivity index (χ1) is 12.9. The van der Waals surface area contributed by atoms with Gasteiger partial charge in [-0.05, 0) is 87.3 Å². The Morgan fingerprint density at radius 1 is 1.04 bits per heavy atom. The normalized spacial score (nSPS) is 30.8. The molecule has 5 nitrogen and oxygen atoms in total. The van der Waals surface area contributed by atoms with Crippen LogP contribution in [0.15, 0.2) is 18.2 Å². The maximum Gasteiger partial charge on any atom is 0.244 e. The monoisotopic (exact) mass is 370 g/mol. The molecule has 0 unspecified atom stereocenters. The van der Waals surface area contributed by atoms with Crippen LogP contribution >= 0.6 is 0 Å². The lowest BCUT2D eigenvalue weighted by Gasteiger charge is -2.55. The Morgan fingerprint density at radius 3 is 2.30 bits per heavy atom. The van der Waals surface area contributed by atoms with Crippen molar-refractivity contribution in [3.63, 3.8) is 0 Å². The molecule has 146 valence electrons. The van der Waals surface area contributed by atoms with Gasteiger partial charge in [0.15, 0.2) is 0 Å². The zero-order valence-corrected chi connectivity index (χ0v) is 16.3. The largest absolute Gasteiger partial charge is 0.493 e. The van der Waals surface area contributed by atoms with Gasteiger partial charge in [-0.2, -0.15) is 0 Å². The van der Waals surface area contributed by atoms with Crippen LogP contribution in [0, 0.1) is 37.0 Å². The van der Waals surface area contributed by atoms with E-state index in [1.165, 1.54) is 19.3 Å². The lowest BCUT2D eigenvalue weighted by Crippen LogP contribution is -2.56. The first kappa shape index (κ1) is 18.3. The fourth-order valence-corrected chi connectivity index (χ4v) is 5.83. The van der Waals surface area contributed by atoms with Crippen LogP contribution in [0.4, 0.5) is 0 Å². The van der Waals surface area contributed by atoms with Crippen LogP contribution in [0.1, 0.15) is 56.1 Å². The molecule has 5 heteroatoms. The van der Waals surface area contributed by atoms with Crippen LogP contribution in [0.2, 0.25) is 0 Å². The highest BCUT2D eigenvalue weighted by Gasteiger charge is 2.54. The highest BCUT2D eigenvalue weighted by atomic mass is 16.5. The molecular weight excluding hydrogens is 340 g/mol. The second kappa shape index (κ2) is 7.17. The van der Waals surface area contributed by atoms with Crippen molar-refractivity contribution in [1.29, 1.82) is 0 Å². The first-order valence-corrected chi connectivity index (χ1v) is 10.2. The number of aryl methyl sites for hydroxylation is 2. The Hall–Kier alpha value is -2.04. The van der Waals surface area contributed by atoms with Crippen molar-refractivity contribution in [2.45, 2.75) is 58.8 Å². The Bertz CT molecular complexity index is 708. The van der Waals surface area contributed by atoms with Gasteiger partial charge in [0, 0.05) is 0 Å². The summed E-state index contributed by atoms with van der Waals surface area (Å²) < 4.78 is 5.72. The van der Waals surface area contributed by atoms with Crippen LogP contribution in [0.25, 0.3) is 0 Å². The molecular formula is C22H30N2O3. The fourth-order valence-electron chi connectivity index (χ4n) is 5.83. The lowest BCUT2D eigenvalue weighted by molar-refractivity contribution is -0.149. The fraction of sp³-hybridized carbons (Fsp3) is 0.636. The summed E-state index contributed by atoms with van der Waals surface area (Å²) in [6.45, 7) is 4.29. The molecule has 0 aromatic heterocycles. The number of amides is 2. The van der Waals surface area contributed by atoms with Gasteiger partial charge < -0.3 is 4.74 Å². The molecule has 4 aliphatic rings. The van der Waals surface area contributed by atoms with E-state index in [0.717, 1.165) is 36.1 Å². The van der Waals surface area contributed by atoms with Gasteiger partial charge >= 0.3 is 0 Å². The maximum absolute atomic E-state index is 12.8. The third-order valence-corrected chi connectivity index (χ3v) is 6.77. The van der Waals surface area contributed by atoms with E-state index in [9.17, 15) is 9.59 Å². The van der Waals surface area contributed by atoms with Crippen molar-refractivity contribution in [2.75, 3.05) is 6.61 Å². The molecule has 4 fully saturated rings. The summed E-state index contributed by atoms with van der Waals surface area (Å²) in [4.78, 5) is 24.9. The van der Waals surface area contributed by atoms with E-state index in [1.807, 2.05) is 32.0 Å². The Morgan fingerprint density at radius 2 is 1.67 bits per heavy atom. The minimum Gasteiger partial charge on any atom is -0.493 e. The minimum absolute atomic E-state index is 0.0189. The molecule has 2 N–H and O–H groups in total. The van der Waals surface area contributed by atoms with E-state index in [1.54, 1.807) is 0 Å². The minimum atomic E-state index is -0.239. The summed E-state index contributed by atoms with van der Waals surface area (Å²) in [6, 6.07) is 6.02. The Labute approximate surface area is 161 Å². The summed E-state index contributed by atoms with van der Waals surface area (Å²) in [5.41, 5.74) is 7.26. The third-order valence-electron chi connectivity index (χ3n) is 6.77. The van der Waals surface area contributed by atoms with Crippen molar-refractivity contribution in [3.8, 4) is 5.75 Å². The van der Waals surface area contributed by atoms with Crippen molar-refractivity contribution in [1.82, 2.24) is 10.9 Å². The molecule has 2 amide bonds. The van der Waals surface area contributed by atoms with E-state index in [0.29, 0.717) is 24.4 Å². The zero-order valence-electron chi connectivity index (χ0n) is 16.3. The summed E-state index contributed by atoms with van der Waals surface area (Å²) in [6.07, 6.45) is 7.11. The molecule has 0 aliphatic heterocycles. The molecule has 1 aromatic rings. The van der Waals surface area contributed by atoms with Gasteiger partial charge in [0.2, 0.25) is 11.8 Å². The van der Waals surface area contributed by atoms with Gasteiger partial charge in [0.1, 0.15) is 5.75 Å². The molecule has 0 radical (unpaired) electrons. The molecule has 4 saturated carbocycles. The first-order valence-electron chi connectivity index (χ1n) is 10.2. The average molecular weight is 370 g/mol. The van der Waals surface area contributed by atoms with Gasteiger partial charge in [0.05, 0.1) is 18.4 Å². The number of carbonyl (C=O) groups is 2. The van der Waals surface area contributed by atoms with Crippen LogP contribution in [-0.2, 0) is 9.59 Å². The second-order valence-electron chi connectivity index (χ2n) is 9.07. The predicted molar refractivity (Wildman–Crippen MR) is 103 cm³/mol. The summed E-state index contributed by atoms with van der Waals surface area (Å²) in [5.74, 6) is 2.75. The van der Waals surface area contributed by atoms with Crippen molar-refractivity contribution in [2.24, 2.45) is 23.2 Å². The highest BCUT2D eigenvalue weighted by Crippen LogP contribution is 2.60. The summed E-state index contributed by atoms with van der Waals surface area (Å²) in [7, 11) is 0. The smallest absolute Gasteiger partial charge is 0.244 e. The van der Waals surface area contributed by atoms with Crippen LogP contribution in [-0.4, -0.2) is 18.4 Å². The van der Waals surface area contributed by atoms with Crippen LogP contribution in [0.5, 0.6) is 5.75 Å². The van der Waals surface area contributed by atoms with E-state index < -0.39 is 0 Å². The molecule has 0 saturated heterocycles. The van der Waals surface area contributed by atoms with Gasteiger partial charge in [-0.3, -0.25) is 20.4 Å². The second-order valence-corrected chi connectivity index (χ2v) is 9.07. The summed E-state index contributed by atoms with van der Waals surface area (Å²) >= 11 is 0. The highest BCUT2D eigenvalue weighted by molar-refractivity contribution is 5.86. The maximum atomic E-state index is 12.8. The molecule has 0 spiro atoms. The average Bonchev–Trinajstić information content (AvgIpc) is 2.61. The number of hydrazine groups is 1. The number of benzene rings is 1. The topological polar surface area (TPSA) is 67.4 Å². The predicted octanol–water partition coefficient (Wildman–Crippen LogP) is 3.44. The summed E-state index contributed by atoms with van der Waals surface area (Å²) in [5, 5.41) is 0. The van der Waals surface area contributed by atoms with Gasteiger partial charge in [-0.25, -0.2) is 0 Å². The molecule has 5 rings (SSSR count).